The molecule has 2 aromatic heterocycles. The summed E-state index contributed by atoms with van der Waals surface area (Å²) in [6.45, 7) is 4.20. The van der Waals surface area contributed by atoms with Crippen LogP contribution in [-0.2, 0) is 0 Å². The quantitative estimate of drug-likeness (QED) is 0.739. The molecule has 1 fully saturated rings. The molecular weight excluding hydrogens is 300 g/mol. The average Bonchev–Trinajstić information content (AvgIpc) is 3.16. The second-order valence-electron chi connectivity index (χ2n) is 6.35. The van der Waals surface area contributed by atoms with Crippen molar-refractivity contribution in [3.05, 3.63) is 48.4 Å². The van der Waals surface area contributed by atoms with E-state index in [9.17, 15) is 0 Å². The summed E-state index contributed by atoms with van der Waals surface area (Å²) in [5, 5.41) is 5.57. The average molecular weight is 322 g/mol. The largest absolute Gasteiger partial charge is 0.494 e. The molecule has 3 heterocycles. The standard InChI is InChI=1S/C19H22N4O/c1-14-13-20-18-16(5-3-6-17(18)24-2)19(14)22-11-7-15(8-12-22)23-10-4-9-21-23/h3-6,9-10,13,15H,7-8,11-12H2,1-2H3. The van der Waals surface area contributed by atoms with Crippen LogP contribution in [0, 0.1) is 6.92 Å². The van der Waals surface area contributed by atoms with Gasteiger partial charge in [-0.25, -0.2) is 0 Å². The second kappa shape index (κ2) is 6.15. The van der Waals surface area contributed by atoms with E-state index in [1.54, 1.807) is 7.11 Å². The van der Waals surface area contributed by atoms with E-state index in [4.69, 9.17) is 4.74 Å². The summed E-state index contributed by atoms with van der Waals surface area (Å²) in [6.07, 6.45) is 8.10. The number of piperidine rings is 1. The molecule has 5 heteroatoms. The van der Waals surface area contributed by atoms with Gasteiger partial charge in [0.1, 0.15) is 11.3 Å². The monoisotopic (exact) mass is 322 g/mol. The highest BCUT2D eigenvalue weighted by Crippen LogP contribution is 2.36. The van der Waals surface area contributed by atoms with Gasteiger partial charge in [0.05, 0.1) is 18.8 Å². The zero-order valence-electron chi connectivity index (χ0n) is 14.1. The number of pyridine rings is 1. The maximum absolute atomic E-state index is 5.48. The van der Waals surface area contributed by atoms with Gasteiger partial charge in [-0.1, -0.05) is 12.1 Å². The molecule has 1 aliphatic heterocycles. The van der Waals surface area contributed by atoms with E-state index < -0.39 is 0 Å². The van der Waals surface area contributed by atoms with Crippen LogP contribution < -0.4 is 9.64 Å². The number of methoxy groups -OCH3 is 1. The smallest absolute Gasteiger partial charge is 0.145 e. The molecule has 4 rings (SSSR count). The van der Waals surface area contributed by atoms with E-state index in [1.807, 2.05) is 30.6 Å². The van der Waals surface area contributed by atoms with Gasteiger partial charge in [0, 0.05) is 37.1 Å². The van der Waals surface area contributed by atoms with Crippen LogP contribution in [0.3, 0.4) is 0 Å². The van der Waals surface area contributed by atoms with E-state index in [-0.39, 0.29) is 0 Å². The molecule has 0 amide bonds. The zero-order valence-corrected chi connectivity index (χ0v) is 14.1. The summed E-state index contributed by atoms with van der Waals surface area (Å²) in [5.74, 6) is 0.833. The van der Waals surface area contributed by atoms with Crippen molar-refractivity contribution in [1.29, 1.82) is 0 Å². The molecular formula is C19H22N4O. The first-order valence-electron chi connectivity index (χ1n) is 8.44. The van der Waals surface area contributed by atoms with Gasteiger partial charge >= 0.3 is 0 Å². The summed E-state index contributed by atoms with van der Waals surface area (Å²) >= 11 is 0. The van der Waals surface area contributed by atoms with Crippen molar-refractivity contribution in [2.75, 3.05) is 25.1 Å². The van der Waals surface area contributed by atoms with Crippen LogP contribution in [0.2, 0.25) is 0 Å². The van der Waals surface area contributed by atoms with Gasteiger partial charge < -0.3 is 9.64 Å². The number of fused-ring (bicyclic) bond motifs is 1. The molecule has 0 N–H and O–H groups in total. The minimum absolute atomic E-state index is 0.499. The lowest BCUT2D eigenvalue weighted by Gasteiger charge is -2.35. The number of nitrogens with zero attached hydrogens (tertiary/aromatic N) is 4. The van der Waals surface area contributed by atoms with E-state index in [0.29, 0.717) is 6.04 Å². The first-order chi connectivity index (χ1) is 11.8. The molecule has 1 aliphatic rings. The van der Waals surface area contributed by atoms with Gasteiger partial charge in [0.2, 0.25) is 0 Å². The predicted octanol–water partition coefficient (Wildman–Crippen LogP) is 3.59. The molecule has 0 aliphatic carbocycles. The summed E-state index contributed by atoms with van der Waals surface area (Å²) in [7, 11) is 1.70. The first kappa shape index (κ1) is 15.0. The number of aromatic nitrogens is 3. The van der Waals surface area contributed by atoms with E-state index in [0.717, 1.165) is 37.2 Å². The first-order valence-corrected chi connectivity index (χ1v) is 8.44. The van der Waals surface area contributed by atoms with Gasteiger partial charge in [-0.2, -0.15) is 5.10 Å². The van der Waals surface area contributed by atoms with Gasteiger partial charge in [0.25, 0.3) is 0 Å². The van der Waals surface area contributed by atoms with Crippen molar-refractivity contribution in [3.8, 4) is 5.75 Å². The van der Waals surface area contributed by atoms with E-state index in [1.165, 1.54) is 16.6 Å². The minimum Gasteiger partial charge on any atom is -0.494 e. The van der Waals surface area contributed by atoms with Crippen LogP contribution >= 0.6 is 0 Å². The lowest BCUT2D eigenvalue weighted by atomic mass is 10.0. The fraction of sp³-hybridized carbons (Fsp3) is 0.368. The number of rotatable bonds is 3. The lowest BCUT2D eigenvalue weighted by Crippen LogP contribution is -2.35. The number of hydrogen-bond acceptors (Lipinski definition) is 4. The third-order valence-corrected chi connectivity index (χ3v) is 4.91. The Bertz CT molecular complexity index is 836. The van der Waals surface area contributed by atoms with Crippen molar-refractivity contribution >= 4 is 16.6 Å². The third kappa shape index (κ3) is 2.50. The van der Waals surface area contributed by atoms with Crippen LogP contribution in [0.5, 0.6) is 5.75 Å². The number of anilines is 1. The Morgan fingerprint density at radius 2 is 2.00 bits per heavy atom. The Morgan fingerprint density at radius 1 is 1.17 bits per heavy atom. The number of hydrogen-bond donors (Lipinski definition) is 0. The molecule has 24 heavy (non-hydrogen) atoms. The predicted molar refractivity (Wildman–Crippen MR) is 95.7 cm³/mol. The van der Waals surface area contributed by atoms with Gasteiger partial charge in [-0.15, -0.1) is 0 Å². The summed E-state index contributed by atoms with van der Waals surface area (Å²) < 4.78 is 7.58. The van der Waals surface area contributed by atoms with E-state index in [2.05, 4.69) is 38.9 Å². The number of aryl methyl sites for hydroxylation is 1. The molecule has 0 radical (unpaired) electrons. The lowest BCUT2D eigenvalue weighted by molar-refractivity contribution is 0.367. The summed E-state index contributed by atoms with van der Waals surface area (Å²) in [4.78, 5) is 7.08. The molecule has 0 unspecified atom stereocenters. The third-order valence-electron chi connectivity index (χ3n) is 4.91. The highest BCUT2D eigenvalue weighted by atomic mass is 16.5. The zero-order chi connectivity index (χ0) is 16.5. The molecule has 0 atom stereocenters. The topological polar surface area (TPSA) is 43.2 Å². The Kier molecular flexibility index (Phi) is 3.84. The summed E-state index contributed by atoms with van der Waals surface area (Å²) in [6, 6.07) is 8.66. The molecule has 3 aromatic rings. The Balaban J connectivity index is 1.66. The molecule has 0 saturated carbocycles. The molecule has 0 spiro atoms. The fourth-order valence-corrected chi connectivity index (χ4v) is 3.72. The summed E-state index contributed by atoms with van der Waals surface area (Å²) in [5.41, 5.74) is 3.45. The van der Waals surface area contributed by atoms with Crippen molar-refractivity contribution in [2.45, 2.75) is 25.8 Å². The van der Waals surface area contributed by atoms with Crippen LogP contribution in [0.15, 0.2) is 42.9 Å². The van der Waals surface area contributed by atoms with Crippen molar-refractivity contribution in [2.24, 2.45) is 0 Å². The maximum atomic E-state index is 5.48. The van der Waals surface area contributed by atoms with Crippen molar-refractivity contribution < 1.29 is 4.74 Å². The molecule has 124 valence electrons. The minimum atomic E-state index is 0.499. The normalized spacial score (nSPS) is 15.8. The van der Waals surface area contributed by atoms with Crippen LogP contribution in [-0.4, -0.2) is 35.0 Å². The fourth-order valence-electron chi connectivity index (χ4n) is 3.72. The SMILES string of the molecule is COc1cccc2c(N3CCC(n4cccn4)CC3)c(C)cnc12. The number of para-hydroxylation sites is 1. The Labute approximate surface area is 141 Å². The highest BCUT2D eigenvalue weighted by Gasteiger charge is 2.23. The van der Waals surface area contributed by atoms with Crippen molar-refractivity contribution in [1.82, 2.24) is 14.8 Å². The molecule has 1 saturated heterocycles. The van der Waals surface area contributed by atoms with Crippen LogP contribution in [0.4, 0.5) is 5.69 Å². The Morgan fingerprint density at radius 3 is 2.71 bits per heavy atom. The van der Waals surface area contributed by atoms with Gasteiger partial charge in [-0.3, -0.25) is 9.67 Å². The van der Waals surface area contributed by atoms with Crippen molar-refractivity contribution in [3.63, 3.8) is 0 Å². The second-order valence-corrected chi connectivity index (χ2v) is 6.35. The maximum Gasteiger partial charge on any atom is 0.145 e. The Hall–Kier alpha value is -2.56. The molecule has 5 nitrogen and oxygen atoms in total. The van der Waals surface area contributed by atoms with Crippen LogP contribution in [0.25, 0.3) is 10.9 Å². The number of benzene rings is 1. The van der Waals surface area contributed by atoms with Gasteiger partial charge in [0.15, 0.2) is 0 Å². The van der Waals surface area contributed by atoms with Crippen LogP contribution in [0.1, 0.15) is 24.4 Å². The molecule has 1 aromatic carbocycles. The molecule has 0 bridgehead atoms. The highest BCUT2D eigenvalue weighted by molar-refractivity contribution is 5.96. The van der Waals surface area contributed by atoms with E-state index >= 15 is 0 Å². The van der Waals surface area contributed by atoms with Gasteiger partial charge in [-0.05, 0) is 37.5 Å². The number of ether oxygens (including phenoxy) is 1.